The molecule has 0 spiro atoms. The number of pyridine rings is 2. The van der Waals surface area contributed by atoms with Gasteiger partial charge in [-0.1, -0.05) is 0 Å². The summed E-state index contributed by atoms with van der Waals surface area (Å²) in [5.74, 6) is 6.36. The molecule has 0 atom stereocenters. The molecule has 6 heterocycles. The summed E-state index contributed by atoms with van der Waals surface area (Å²) in [4.78, 5) is 0. The predicted molar refractivity (Wildman–Crippen MR) is 210 cm³/mol. The second-order valence-corrected chi connectivity index (χ2v) is 13.9. The van der Waals surface area contributed by atoms with Crippen LogP contribution in [0.25, 0.3) is 44.1 Å². The van der Waals surface area contributed by atoms with E-state index in [1.54, 1.807) is 28.4 Å². The maximum absolute atomic E-state index is 8.74. The van der Waals surface area contributed by atoms with Crippen LogP contribution in [0.5, 0.6) is 46.0 Å². The number of hydrogen-bond acceptors (Lipinski definition) is 10. The van der Waals surface area contributed by atoms with Crippen LogP contribution < -0.4 is 47.0 Å². The average molecular weight is 825 g/mol. The van der Waals surface area contributed by atoms with Crippen LogP contribution >= 0.6 is 0 Å². The predicted octanol–water partition coefficient (Wildman–Crippen LogP) is 3.07. The molecule has 4 aliphatic heterocycles. The number of ether oxygens (including phenoxy) is 8. The van der Waals surface area contributed by atoms with Gasteiger partial charge < -0.3 is 54.3 Å². The van der Waals surface area contributed by atoms with E-state index in [4.69, 9.17) is 55.4 Å². The highest BCUT2D eigenvalue weighted by Gasteiger charge is 2.30. The van der Waals surface area contributed by atoms with Crippen LogP contribution in [-0.2, 0) is 36.3 Å². The van der Waals surface area contributed by atoms with Crippen molar-refractivity contribution in [3.05, 3.63) is 84.2 Å². The molecule has 0 bridgehead atoms. The van der Waals surface area contributed by atoms with Gasteiger partial charge in [-0.2, -0.15) is 17.6 Å². The van der Waals surface area contributed by atoms with Crippen LogP contribution in [0.1, 0.15) is 11.1 Å². The fourth-order valence-electron chi connectivity index (χ4n) is 7.54. The molecule has 0 fully saturated rings. The van der Waals surface area contributed by atoms with E-state index in [1.807, 2.05) is 12.1 Å². The normalized spacial score (nSPS) is 13.2. The highest BCUT2D eigenvalue weighted by atomic mass is 32.3. The first kappa shape index (κ1) is 43.0. The lowest BCUT2D eigenvalue weighted by molar-refractivity contribution is -0.686. The zero-order valence-electron chi connectivity index (χ0n) is 32.0. The van der Waals surface area contributed by atoms with Crippen molar-refractivity contribution in [2.24, 2.45) is 0 Å². The van der Waals surface area contributed by atoms with E-state index in [-0.39, 0.29) is 16.4 Å². The summed E-state index contributed by atoms with van der Waals surface area (Å²) < 4.78 is 80.4. The van der Waals surface area contributed by atoms with Gasteiger partial charge in [0.25, 0.3) is 0 Å². The van der Waals surface area contributed by atoms with E-state index in [0.717, 1.165) is 93.5 Å². The Kier molecular flexibility index (Phi) is 12.7. The molecule has 0 radical (unpaired) electrons. The van der Waals surface area contributed by atoms with Gasteiger partial charge in [0.1, 0.15) is 0 Å². The third kappa shape index (κ3) is 8.01. The number of aromatic nitrogens is 2. The summed E-state index contributed by atoms with van der Waals surface area (Å²) >= 11 is 0. The summed E-state index contributed by atoms with van der Waals surface area (Å²) in [6, 6.07) is 20.8. The van der Waals surface area contributed by atoms with E-state index < -0.39 is 10.4 Å². The second-order valence-electron chi connectivity index (χ2n) is 13.0. The Morgan fingerprint density at radius 3 is 1.26 bits per heavy atom. The maximum atomic E-state index is 8.74. The van der Waals surface area contributed by atoms with Crippen molar-refractivity contribution < 1.29 is 81.0 Å². The van der Waals surface area contributed by atoms with Gasteiger partial charge in [0.05, 0.1) is 50.3 Å². The summed E-state index contributed by atoms with van der Waals surface area (Å²) in [5.41, 5.74) is 7.35. The van der Waals surface area contributed by atoms with Crippen LogP contribution in [0.4, 0.5) is 0 Å². The molecule has 0 amide bonds. The van der Waals surface area contributed by atoms with Gasteiger partial charge in [0.15, 0.2) is 71.5 Å². The summed E-state index contributed by atoms with van der Waals surface area (Å²) in [5, 5.41) is 4.34. The molecule has 18 heteroatoms. The fourth-order valence-corrected chi connectivity index (χ4v) is 7.54. The van der Waals surface area contributed by atoms with Crippen molar-refractivity contribution in [2.45, 2.75) is 25.9 Å². The van der Waals surface area contributed by atoms with E-state index in [0.29, 0.717) is 13.6 Å². The van der Waals surface area contributed by atoms with Crippen molar-refractivity contribution in [1.82, 2.24) is 0 Å². The molecule has 0 saturated heterocycles. The number of benzene rings is 4. The molecule has 58 heavy (non-hydrogen) atoms. The van der Waals surface area contributed by atoms with E-state index in [1.165, 1.54) is 33.6 Å². The van der Waals surface area contributed by atoms with Crippen LogP contribution in [0, 0.1) is 0 Å². The highest BCUT2D eigenvalue weighted by Crippen LogP contribution is 2.43. The first-order valence-electron chi connectivity index (χ1n) is 17.3. The van der Waals surface area contributed by atoms with Gasteiger partial charge in [0.2, 0.25) is 25.0 Å². The van der Waals surface area contributed by atoms with E-state index in [2.05, 4.69) is 70.1 Å². The van der Waals surface area contributed by atoms with Gasteiger partial charge in [0, 0.05) is 25.0 Å². The first-order valence-corrected chi connectivity index (χ1v) is 18.7. The molecule has 2 aromatic heterocycles. The molecule has 0 saturated carbocycles. The first-order chi connectivity index (χ1) is 26.6. The number of rotatable bonds is 4. The average Bonchev–Trinajstić information content (AvgIpc) is 3.85. The van der Waals surface area contributed by atoms with Crippen LogP contribution in [0.15, 0.2) is 73.1 Å². The zero-order chi connectivity index (χ0) is 38.4. The van der Waals surface area contributed by atoms with Crippen molar-refractivity contribution in [3.63, 3.8) is 0 Å². The lowest BCUT2D eigenvalue weighted by Gasteiger charge is -2.17. The highest BCUT2D eigenvalue weighted by molar-refractivity contribution is 7.79. The molecule has 8 N–H and O–H groups in total. The third-order valence-electron chi connectivity index (χ3n) is 10.0. The smallest absolute Gasteiger partial charge is 0.394 e. The number of nitrogens with zero attached hydrogens (tertiary/aromatic N) is 2. The Balaban J connectivity index is 0.000000189. The van der Waals surface area contributed by atoms with Crippen molar-refractivity contribution in [1.29, 1.82) is 0 Å². The number of hydrogen-bond donors (Lipinski definition) is 2. The van der Waals surface area contributed by atoms with Crippen LogP contribution in [-0.4, -0.2) is 76.0 Å². The number of aryl methyl sites for hydroxylation is 4. The van der Waals surface area contributed by atoms with Gasteiger partial charge >= 0.3 is 10.4 Å². The Hall–Kier alpha value is -6.15. The molecule has 4 aromatic carbocycles. The molecular weight excluding hydrogens is 781 g/mol. The van der Waals surface area contributed by atoms with Crippen LogP contribution in [0.3, 0.4) is 0 Å². The summed E-state index contributed by atoms with van der Waals surface area (Å²) in [7, 11) is 2.01. The lowest BCUT2D eigenvalue weighted by atomic mass is 9.95. The molecule has 6 aromatic rings. The zero-order valence-corrected chi connectivity index (χ0v) is 32.8. The summed E-state index contributed by atoms with van der Waals surface area (Å²) in [6.45, 7) is 2.43. The van der Waals surface area contributed by atoms with Crippen molar-refractivity contribution >= 4 is 31.9 Å². The Bertz CT molecular complexity index is 2440. The van der Waals surface area contributed by atoms with Crippen LogP contribution in [0.2, 0.25) is 0 Å². The number of methoxy groups -OCH3 is 4. The van der Waals surface area contributed by atoms with Gasteiger partial charge in [-0.3, -0.25) is 9.11 Å². The molecule has 17 nitrogen and oxygen atoms in total. The maximum Gasteiger partial charge on any atom is 0.394 e. The fraction of sp³-hybridized carbons (Fsp3) is 0.250. The molecule has 308 valence electrons. The second kappa shape index (κ2) is 17.1. The monoisotopic (exact) mass is 824 g/mol. The third-order valence-corrected chi connectivity index (χ3v) is 10.0. The molecule has 10 rings (SSSR count). The van der Waals surface area contributed by atoms with E-state index in [9.17, 15) is 0 Å². The van der Waals surface area contributed by atoms with Gasteiger partial charge in [-0.15, -0.1) is 0 Å². The Labute approximate surface area is 332 Å². The topological polar surface area (TPSA) is 251 Å². The van der Waals surface area contributed by atoms with Gasteiger partial charge in [-0.05, 0) is 70.4 Å². The quantitative estimate of drug-likeness (QED) is 0.192. The Morgan fingerprint density at radius 1 is 0.552 bits per heavy atom. The van der Waals surface area contributed by atoms with Crippen molar-refractivity contribution in [3.8, 4) is 68.5 Å². The minimum absolute atomic E-state index is 0. The standard InChI is InChI=1S/2C20H18NO4.H2O4S.3H2O/c2*1-22-17-4-3-12-7-16-14-9-19-18(24-11-25-19)8-13(14)5-6-21(16)10-15(12)20(17)23-2;1-5(2,3)4;;;/h2*3-4,7-10H,5-6,11H2,1-2H3;(H2,1,2,3,4);3*1H2/q2*+1;;;;. The minimum Gasteiger partial charge on any atom is -0.493 e. The SMILES string of the molecule is COc1ccc2cc3[n+](cc2c1OC)CCc1cc2c(cc1-3)OCO2.COc1ccc2cc3[n+](cc2c1OC)CCc1cc2c(cc1-3)OCO2.O.O.O.O=S(=O)(O)O. The van der Waals surface area contributed by atoms with E-state index >= 15 is 0 Å². The van der Waals surface area contributed by atoms with Crippen molar-refractivity contribution in [2.75, 3.05) is 42.0 Å². The Morgan fingerprint density at radius 2 is 0.914 bits per heavy atom. The number of fused-ring (bicyclic) bond motifs is 10. The summed E-state index contributed by atoms with van der Waals surface area (Å²) in [6.07, 6.45) is 6.22. The molecule has 4 aliphatic rings. The lowest BCUT2D eigenvalue weighted by Crippen LogP contribution is -2.40. The largest absolute Gasteiger partial charge is 0.493 e. The molecule has 0 aliphatic carbocycles. The molecular formula is C40H44N2O15S+2. The minimum atomic E-state index is -4.67. The van der Waals surface area contributed by atoms with Gasteiger partial charge in [-0.25, -0.2) is 0 Å². The molecule has 0 unspecified atom stereocenters.